The molecule has 0 saturated heterocycles. The van der Waals surface area contributed by atoms with E-state index in [1.165, 1.54) is 5.56 Å². The Balaban J connectivity index is 1.80. The van der Waals surface area contributed by atoms with Crippen molar-refractivity contribution in [1.82, 2.24) is 0 Å². The third-order valence-electron chi connectivity index (χ3n) is 5.81. The van der Waals surface area contributed by atoms with Crippen molar-refractivity contribution >= 4 is 17.3 Å². The van der Waals surface area contributed by atoms with Crippen LogP contribution in [0.2, 0.25) is 0 Å². The molecule has 1 heterocycles. The summed E-state index contributed by atoms with van der Waals surface area (Å²) < 4.78 is 10.9. The molecule has 0 N–H and O–H groups in total. The monoisotopic (exact) mass is 428 g/mol. The van der Waals surface area contributed by atoms with Crippen molar-refractivity contribution in [2.24, 2.45) is 4.99 Å². The molecule has 1 amide bonds. The number of carbonyl (C=O) groups is 1. The Hall–Kier alpha value is -3.44. The zero-order chi connectivity index (χ0) is 22.5. The van der Waals surface area contributed by atoms with Crippen LogP contribution in [-0.2, 0) is 16.0 Å². The van der Waals surface area contributed by atoms with Crippen LogP contribution in [0.1, 0.15) is 23.1 Å². The molecule has 0 bridgehead atoms. The van der Waals surface area contributed by atoms with E-state index in [9.17, 15) is 4.79 Å². The third kappa shape index (κ3) is 4.43. The van der Waals surface area contributed by atoms with E-state index < -0.39 is 0 Å². The Labute approximate surface area is 189 Å². The van der Waals surface area contributed by atoms with Gasteiger partial charge in [0.1, 0.15) is 12.3 Å². The number of fused-ring (bicyclic) bond motifs is 1. The molecule has 4 rings (SSSR count). The highest BCUT2D eigenvalue weighted by Gasteiger charge is 2.25. The number of hydrogen-bond donors (Lipinski definition) is 0. The first-order valence-electron chi connectivity index (χ1n) is 10.8. The number of aryl methyl sites for hydroxylation is 1. The molecule has 1 aliphatic rings. The van der Waals surface area contributed by atoms with Gasteiger partial charge in [-0.15, -0.1) is 0 Å². The topological polar surface area (TPSA) is 51.1 Å². The normalized spacial score (nSPS) is 13.4. The van der Waals surface area contributed by atoms with Crippen molar-refractivity contribution in [1.29, 1.82) is 0 Å². The number of anilines is 1. The van der Waals surface area contributed by atoms with Gasteiger partial charge in [0.05, 0.1) is 18.5 Å². The predicted octanol–water partition coefficient (Wildman–Crippen LogP) is 4.76. The van der Waals surface area contributed by atoms with Gasteiger partial charge in [-0.1, -0.05) is 54.6 Å². The van der Waals surface area contributed by atoms with Gasteiger partial charge in [0, 0.05) is 43.5 Å². The van der Waals surface area contributed by atoms with Crippen LogP contribution in [0, 0.1) is 0 Å². The van der Waals surface area contributed by atoms with Crippen molar-refractivity contribution in [3.8, 4) is 16.9 Å². The van der Waals surface area contributed by atoms with E-state index >= 15 is 0 Å². The first-order valence-corrected chi connectivity index (χ1v) is 10.8. The standard InChI is InChI=1S/C27H28N2O3/c1-29-24-17-25(32-3)22(20-9-5-4-6-10-20)16-23(24)27(28-18-26(29)30)21-13-11-19(12-14-21)8-7-15-31-2/h4-6,9-14,16-17H,7-8,15,18H2,1-3H3. The highest BCUT2D eigenvalue weighted by molar-refractivity contribution is 6.20. The third-order valence-corrected chi connectivity index (χ3v) is 5.81. The van der Waals surface area contributed by atoms with Crippen LogP contribution in [0.5, 0.6) is 5.75 Å². The quantitative estimate of drug-likeness (QED) is 0.510. The Morgan fingerprint density at radius 3 is 2.38 bits per heavy atom. The minimum Gasteiger partial charge on any atom is -0.496 e. The molecule has 5 heteroatoms. The van der Waals surface area contributed by atoms with Crippen LogP contribution in [0.3, 0.4) is 0 Å². The second-order valence-corrected chi connectivity index (χ2v) is 7.85. The largest absolute Gasteiger partial charge is 0.496 e. The van der Waals surface area contributed by atoms with E-state index in [1.807, 2.05) is 24.3 Å². The lowest BCUT2D eigenvalue weighted by Gasteiger charge is -2.21. The summed E-state index contributed by atoms with van der Waals surface area (Å²) in [5.41, 5.74) is 6.82. The molecule has 164 valence electrons. The number of ether oxygens (including phenoxy) is 2. The minimum atomic E-state index is -0.0491. The average Bonchev–Trinajstić information content (AvgIpc) is 2.96. The zero-order valence-electron chi connectivity index (χ0n) is 18.8. The van der Waals surface area contributed by atoms with Crippen LogP contribution in [0.25, 0.3) is 11.1 Å². The summed E-state index contributed by atoms with van der Waals surface area (Å²) in [5.74, 6) is 0.677. The number of carbonyl (C=O) groups excluding carboxylic acids is 1. The predicted molar refractivity (Wildman–Crippen MR) is 129 cm³/mol. The second kappa shape index (κ2) is 9.79. The van der Waals surface area contributed by atoms with Gasteiger partial charge in [-0.2, -0.15) is 0 Å². The van der Waals surface area contributed by atoms with Crippen molar-refractivity contribution in [2.75, 3.05) is 39.3 Å². The van der Waals surface area contributed by atoms with Crippen molar-refractivity contribution in [3.63, 3.8) is 0 Å². The Morgan fingerprint density at radius 1 is 0.938 bits per heavy atom. The van der Waals surface area contributed by atoms with Crippen LogP contribution >= 0.6 is 0 Å². The molecule has 0 spiro atoms. The highest BCUT2D eigenvalue weighted by Crippen LogP contribution is 2.38. The maximum Gasteiger partial charge on any atom is 0.248 e. The van der Waals surface area contributed by atoms with Crippen molar-refractivity contribution in [3.05, 3.63) is 83.4 Å². The number of methoxy groups -OCH3 is 2. The molecule has 0 radical (unpaired) electrons. The fourth-order valence-corrected chi connectivity index (χ4v) is 4.02. The van der Waals surface area contributed by atoms with Crippen LogP contribution < -0.4 is 9.64 Å². The first kappa shape index (κ1) is 21.8. The average molecular weight is 429 g/mol. The van der Waals surface area contributed by atoms with Gasteiger partial charge in [0.25, 0.3) is 0 Å². The maximum absolute atomic E-state index is 12.7. The fraction of sp³-hybridized carbons (Fsp3) is 0.259. The van der Waals surface area contributed by atoms with Gasteiger partial charge in [0.15, 0.2) is 0 Å². The lowest BCUT2D eigenvalue weighted by Crippen LogP contribution is -2.27. The smallest absolute Gasteiger partial charge is 0.248 e. The maximum atomic E-state index is 12.7. The lowest BCUT2D eigenvalue weighted by molar-refractivity contribution is -0.116. The van der Waals surface area contributed by atoms with Gasteiger partial charge in [0.2, 0.25) is 5.91 Å². The molecule has 0 unspecified atom stereocenters. The van der Waals surface area contributed by atoms with Gasteiger partial charge in [-0.3, -0.25) is 9.79 Å². The van der Waals surface area contributed by atoms with E-state index in [1.54, 1.807) is 26.2 Å². The van der Waals surface area contributed by atoms with Crippen LogP contribution in [0.15, 0.2) is 71.7 Å². The number of benzene rings is 3. The summed E-state index contributed by atoms with van der Waals surface area (Å²) in [6.45, 7) is 0.861. The molecule has 0 aromatic heterocycles. The van der Waals surface area contributed by atoms with Crippen molar-refractivity contribution < 1.29 is 14.3 Å². The van der Waals surface area contributed by atoms with Crippen molar-refractivity contribution in [2.45, 2.75) is 12.8 Å². The van der Waals surface area contributed by atoms with E-state index in [2.05, 4.69) is 42.5 Å². The SMILES string of the molecule is COCCCc1ccc(C2=NCC(=O)N(C)c3cc(OC)c(-c4ccccc4)cc32)cc1. The summed E-state index contributed by atoms with van der Waals surface area (Å²) >= 11 is 0. The molecule has 1 aliphatic heterocycles. The number of rotatable bonds is 7. The van der Waals surface area contributed by atoms with Crippen LogP contribution in [-0.4, -0.2) is 46.0 Å². The van der Waals surface area contributed by atoms with E-state index in [0.717, 1.165) is 58.9 Å². The van der Waals surface area contributed by atoms with Gasteiger partial charge in [-0.25, -0.2) is 0 Å². The number of nitrogens with zero attached hydrogens (tertiary/aromatic N) is 2. The van der Waals surface area contributed by atoms with E-state index in [-0.39, 0.29) is 12.5 Å². The number of aliphatic imine (C=N–C) groups is 1. The Kier molecular flexibility index (Phi) is 6.66. The molecule has 0 fully saturated rings. The summed E-state index contributed by atoms with van der Waals surface area (Å²) in [5, 5.41) is 0. The second-order valence-electron chi connectivity index (χ2n) is 7.85. The van der Waals surface area contributed by atoms with Gasteiger partial charge < -0.3 is 14.4 Å². The molecule has 0 saturated carbocycles. The van der Waals surface area contributed by atoms with Crippen LogP contribution in [0.4, 0.5) is 5.69 Å². The molecule has 0 atom stereocenters. The Bertz CT molecular complexity index is 1120. The molecule has 32 heavy (non-hydrogen) atoms. The molecule has 5 nitrogen and oxygen atoms in total. The van der Waals surface area contributed by atoms with Gasteiger partial charge in [-0.05, 0) is 30.0 Å². The summed E-state index contributed by atoms with van der Waals surface area (Å²) in [4.78, 5) is 19.1. The first-order chi connectivity index (χ1) is 15.6. The Morgan fingerprint density at radius 2 is 1.69 bits per heavy atom. The summed E-state index contributed by atoms with van der Waals surface area (Å²) in [6.07, 6.45) is 1.95. The van der Waals surface area contributed by atoms with E-state index in [4.69, 9.17) is 14.5 Å². The number of likely N-dealkylation sites (N-methyl/N-ethyl adjacent to an activating group) is 1. The lowest BCUT2D eigenvalue weighted by atomic mass is 9.94. The summed E-state index contributed by atoms with van der Waals surface area (Å²) in [6, 6.07) is 22.6. The van der Waals surface area contributed by atoms with Gasteiger partial charge >= 0.3 is 0 Å². The number of hydrogen-bond acceptors (Lipinski definition) is 4. The number of benzodiazepines with no additional fused rings is 1. The minimum absolute atomic E-state index is 0.0491. The number of amides is 1. The molecule has 3 aromatic rings. The fourth-order valence-electron chi connectivity index (χ4n) is 4.02. The molecular weight excluding hydrogens is 400 g/mol. The van der Waals surface area contributed by atoms with E-state index in [0.29, 0.717) is 0 Å². The molecule has 3 aromatic carbocycles. The highest BCUT2D eigenvalue weighted by atomic mass is 16.5. The summed E-state index contributed by atoms with van der Waals surface area (Å²) in [7, 11) is 5.17. The zero-order valence-corrected chi connectivity index (χ0v) is 18.8. The molecular formula is C27H28N2O3. The molecule has 0 aliphatic carbocycles.